The van der Waals surface area contributed by atoms with Crippen molar-refractivity contribution in [1.29, 1.82) is 0 Å². The molecule has 0 aliphatic heterocycles. The highest BCUT2D eigenvalue weighted by atomic mass is 19.1. The smallest absolute Gasteiger partial charge is 0.248 e. The van der Waals surface area contributed by atoms with Crippen molar-refractivity contribution in [3.05, 3.63) is 47.8 Å². The molecule has 94 valence electrons. The quantitative estimate of drug-likeness (QED) is 0.855. The number of halogens is 1. The van der Waals surface area contributed by atoms with Crippen LogP contribution in [-0.4, -0.2) is 15.5 Å². The van der Waals surface area contributed by atoms with Gasteiger partial charge in [0, 0.05) is 25.0 Å². The Labute approximate surface area is 103 Å². The maximum Gasteiger partial charge on any atom is 0.248 e. The van der Waals surface area contributed by atoms with Crippen LogP contribution in [0.25, 0.3) is 0 Å². The van der Waals surface area contributed by atoms with Crippen LogP contribution in [-0.2, 0) is 13.6 Å². The molecule has 0 atom stereocenters. The number of anilines is 1. The second-order valence-corrected chi connectivity index (χ2v) is 3.87. The fourth-order valence-electron chi connectivity index (χ4n) is 1.56. The minimum absolute atomic E-state index is 0.231. The molecule has 18 heavy (non-hydrogen) atoms. The minimum atomic E-state index is -0.588. The molecule has 1 aromatic heterocycles. The van der Waals surface area contributed by atoms with Crippen molar-refractivity contribution >= 4 is 11.6 Å². The van der Waals surface area contributed by atoms with E-state index in [0.717, 1.165) is 5.82 Å². The summed E-state index contributed by atoms with van der Waals surface area (Å²) in [7, 11) is 1.85. The van der Waals surface area contributed by atoms with Gasteiger partial charge in [0.15, 0.2) is 0 Å². The number of nitrogens with one attached hydrogen (secondary N) is 1. The van der Waals surface area contributed by atoms with Crippen molar-refractivity contribution in [2.75, 3.05) is 5.32 Å². The van der Waals surface area contributed by atoms with Gasteiger partial charge >= 0.3 is 0 Å². The number of hydrogen-bond donors (Lipinski definition) is 2. The molecular formula is C12H13FN4O. The van der Waals surface area contributed by atoms with Gasteiger partial charge in [-0.25, -0.2) is 9.37 Å². The van der Waals surface area contributed by atoms with E-state index in [9.17, 15) is 9.18 Å². The first kappa shape index (κ1) is 12.1. The summed E-state index contributed by atoms with van der Waals surface area (Å²) >= 11 is 0. The molecule has 2 aromatic rings. The lowest BCUT2D eigenvalue weighted by molar-refractivity contribution is 0.100. The Hall–Kier alpha value is -2.37. The zero-order valence-corrected chi connectivity index (χ0v) is 9.85. The van der Waals surface area contributed by atoms with E-state index in [-0.39, 0.29) is 11.3 Å². The van der Waals surface area contributed by atoms with Crippen LogP contribution in [0.3, 0.4) is 0 Å². The van der Waals surface area contributed by atoms with Crippen molar-refractivity contribution in [3.8, 4) is 0 Å². The molecule has 2 rings (SSSR count). The van der Waals surface area contributed by atoms with Gasteiger partial charge in [-0.3, -0.25) is 4.79 Å². The number of carbonyl (C=O) groups excluding carboxylic acids is 1. The van der Waals surface area contributed by atoms with Gasteiger partial charge < -0.3 is 15.6 Å². The van der Waals surface area contributed by atoms with E-state index in [4.69, 9.17) is 5.73 Å². The number of imidazole rings is 1. The molecule has 5 nitrogen and oxygen atoms in total. The van der Waals surface area contributed by atoms with Crippen LogP contribution in [0, 0.1) is 5.82 Å². The topological polar surface area (TPSA) is 72.9 Å². The number of amides is 1. The van der Waals surface area contributed by atoms with Gasteiger partial charge in [-0.1, -0.05) is 0 Å². The zero-order chi connectivity index (χ0) is 13.1. The first-order valence-electron chi connectivity index (χ1n) is 5.37. The van der Waals surface area contributed by atoms with Crippen LogP contribution in [0.4, 0.5) is 10.1 Å². The average Bonchev–Trinajstić information content (AvgIpc) is 2.73. The van der Waals surface area contributed by atoms with Crippen LogP contribution in [0.2, 0.25) is 0 Å². The zero-order valence-electron chi connectivity index (χ0n) is 9.85. The van der Waals surface area contributed by atoms with E-state index in [0.29, 0.717) is 6.54 Å². The molecule has 0 radical (unpaired) electrons. The Morgan fingerprint density at radius 1 is 1.56 bits per heavy atom. The van der Waals surface area contributed by atoms with E-state index in [2.05, 4.69) is 10.3 Å². The van der Waals surface area contributed by atoms with E-state index in [1.807, 2.05) is 11.6 Å². The summed E-state index contributed by atoms with van der Waals surface area (Å²) in [6.07, 6.45) is 3.46. The normalized spacial score (nSPS) is 10.3. The predicted molar refractivity (Wildman–Crippen MR) is 65.5 cm³/mol. The summed E-state index contributed by atoms with van der Waals surface area (Å²) in [6.45, 7) is 0.364. The summed E-state index contributed by atoms with van der Waals surface area (Å²) in [5.41, 5.74) is 5.64. The molecule has 1 amide bonds. The highest BCUT2D eigenvalue weighted by molar-refractivity contribution is 5.93. The molecule has 6 heteroatoms. The number of aromatic nitrogens is 2. The molecule has 0 unspecified atom stereocenters. The van der Waals surface area contributed by atoms with E-state index >= 15 is 0 Å². The predicted octanol–water partition coefficient (Wildman–Crippen LogP) is 1.27. The van der Waals surface area contributed by atoms with Gasteiger partial charge in [0.1, 0.15) is 11.6 Å². The van der Waals surface area contributed by atoms with Crippen molar-refractivity contribution in [1.82, 2.24) is 9.55 Å². The lowest BCUT2D eigenvalue weighted by atomic mass is 10.2. The van der Waals surface area contributed by atoms with Gasteiger partial charge in [-0.15, -0.1) is 0 Å². The summed E-state index contributed by atoms with van der Waals surface area (Å²) in [5, 5.41) is 2.89. The average molecular weight is 248 g/mol. The standard InChI is InChI=1S/C12H13FN4O/c1-17-5-4-15-11(17)7-16-10-6-8(12(14)18)2-3-9(10)13/h2-6,16H,7H2,1H3,(H2,14,18). The van der Waals surface area contributed by atoms with Crippen LogP contribution < -0.4 is 11.1 Å². The highest BCUT2D eigenvalue weighted by Crippen LogP contribution is 2.16. The van der Waals surface area contributed by atoms with E-state index < -0.39 is 11.7 Å². The van der Waals surface area contributed by atoms with Crippen molar-refractivity contribution in [3.63, 3.8) is 0 Å². The van der Waals surface area contributed by atoms with Gasteiger partial charge in [0.2, 0.25) is 5.91 Å². The monoisotopic (exact) mass is 248 g/mol. The third kappa shape index (κ3) is 2.48. The third-order valence-corrected chi connectivity index (χ3v) is 2.61. The molecule has 0 aliphatic carbocycles. The third-order valence-electron chi connectivity index (χ3n) is 2.61. The Morgan fingerprint density at radius 3 is 2.94 bits per heavy atom. The van der Waals surface area contributed by atoms with Crippen LogP contribution in [0.1, 0.15) is 16.2 Å². The first-order valence-corrected chi connectivity index (χ1v) is 5.37. The SMILES string of the molecule is Cn1ccnc1CNc1cc(C(N)=O)ccc1F. The number of nitrogens with two attached hydrogens (primary N) is 1. The number of hydrogen-bond acceptors (Lipinski definition) is 3. The lowest BCUT2D eigenvalue weighted by Crippen LogP contribution is -2.12. The van der Waals surface area contributed by atoms with Gasteiger partial charge in [-0.2, -0.15) is 0 Å². The van der Waals surface area contributed by atoms with Crippen molar-refractivity contribution in [2.45, 2.75) is 6.54 Å². The van der Waals surface area contributed by atoms with E-state index in [1.54, 1.807) is 12.4 Å². The molecule has 0 aliphatic rings. The summed E-state index contributed by atoms with van der Waals surface area (Å²) in [4.78, 5) is 15.1. The molecule has 0 bridgehead atoms. The molecule has 0 saturated heterocycles. The molecule has 0 fully saturated rings. The molecule has 1 heterocycles. The number of rotatable bonds is 4. The fourth-order valence-corrected chi connectivity index (χ4v) is 1.56. The van der Waals surface area contributed by atoms with Gasteiger partial charge in [-0.05, 0) is 18.2 Å². The Bertz CT molecular complexity index is 579. The van der Waals surface area contributed by atoms with Crippen molar-refractivity contribution in [2.24, 2.45) is 12.8 Å². The maximum absolute atomic E-state index is 13.5. The number of aryl methyl sites for hydroxylation is 1. The molecule has 1 aromatic carbocycles. The molecule has 0 saturated carbocycles. The first-order chi connectivity index (χ1) is 8.58. The minimum Gasteiger partial charge on any atom is -0.375 e. The van der Waals surface area contributed by atoms with Gasteiger partial charge in [0.25, 0.3) is 0 Å². The van der Waals surface area contributed by atoms with Crippen molar-refractivity contribution < 1.29 is 9.18 Å². The van der Waals surface area contributed by atoms with Gasteiger partial charge in [0.05, 0.1) is 12.2 Å². The molecular weight excluding hydrogens is 235 g/mol. The second kappa shape index (κ2) is 4.87. The second-order valence-electron chi connectivity index (χ2n) is 3.87. The highest BCUT2D eigenvalue weighted by Gasteiger charge is 2.07. The lowest BCUT2D eigenvalue weighted by Gasteiger charge is -2.08. The van der Waals surface area contributed by atoms with E-state index in [1.165, 1.54) is 18.2 Å². The van der Waals surface area contributed by atoms with Crippen LogP contribution in [0.15, 0.2) is 30.6 Å². The molecule has 3 N–H and O–H groups in total. The number of primary amides is 1. The number of benzene rings is 1. The number of nitrogens with zero attached hydrogens (tertiary/aromatic N) is 2. The Kier molecular flexibility index (Phi) is 3.27. The summed E-state index contributed by atoms with van der Waals surface area (Å²) < 4.78 is 15.3. The van der Waals surface area contributed by atoms with Crippen LogP contribution in [0.5, 0.6) is 0 Å². The Balaban J connectivity index is 2.16. The largest absolute Gasteiger partial charge is 0.375 e. The summed E-state index contributed by atoms with van der Waals surface area (Å²) in [6, 6.07) is 3.95. The molecule has 0 spiro atoms. The maximum atomic E-state index is 13.5. The Morgan fingerprint density at radius 2 is 2.33 bits per heavy atom. The number of carbonyl (C=O) groups is 1. The fraction of sp³-hybridized carbons (Fsp3) is 0.167. The summed E-state index contributed by atoms with van der Waals surface area (Å²) in [5.74, 6) is -0.261. The van der Waals surface area contributed by atoms with Crippen LogP contribution >= 0.6 is 0 Å².